The van der Waals surface area contributed by atoms with E-state index in [-0.39, 0.29) is 18.3 Å². The quantitative estimate of drug-likeness (QED) is 0.879. The summed E-state index contributed by atoms with van der Waals surface area (Å²) < 4.78 is 14.1. The summed E-state index contributed by atoms with van der Waals surface area (Å²) in [5.41, 5.74) is 1.95. The minimum Gasteiger partial charge on any atom is -0.388 e. The molecule has 0 saturated heterocycles. The number of nitriles is 1. The number of halogens is 2. The summed E-state index contributed by atoms with van der Waals surface area (Å²) in [6, 6.07) is 6.73. The molecule has 0 aliphatic rings. The molecule has 6 heteroatoms. The molecular formula is C15H13ClFN3O. The molecule has 1 aromatic carbocycles. The number of rotatable bonds is 4. The minimum atomic E-state index is -1.00. The van der Waals surface area contributed by atoms with Gasteiger partial charge in [-0.15, -0.1) is 0 Å². The molecule has 1 unspecified atom stereocenters. The van der Waals surface area contributed by atoms with Gasteiger partial charge in [-0.1, -0.05) is 17.7 Å². The van der Waals surface area contributed by atoms with Crippen LogP contribution in [0.2, 0.25) is 5.02 Å². The first-order chi connectivity index (χ1) is 10.0. The molecule has 2 rings (SSSR count). The van der Waals surface area contributed by atoms with Crippen LogP contribution in [-0.2, 0) is 7.05 Å². The SMILES string of the molecule is Cn1cc(-c2cc(Cl)ccc2C(O)C/C(C#N)=C/F)cn1. The van der Waals surface area contributed by atoms with Crippen molar-refractivity contribution in [2.75, 3.05) is 0 Å². The molecule has 1 atom stereocenters. The predicted octanol–water partition coefficient (Wildman–Crippen LogP) is 3.54. The zero-order valence-corrected chi connectivity index (χ0v) is 12.0. The fourth-order valence-corrected chi connectivity index (χ4v) is 2.23. The minimum absolute atomic E-state index is 0.0953. The molecule has 1 N–H and O–H groups in total. The van der Waals surface area contributed by atoms with Crippen LogP contribution >= 0.6 is 11.6 Å². The van der Waals surface area contributed by atoms with Crippen molar-refractivity contribution < 1.29 is 9.50 Å². The number of aliphatic hydroxyl groups is 1. The first-order valence-corrected chi connectivity index (χ1v) is 6.59. The largest absolute Gasteiger partial charge is 0.388 e. The van der Waals surface area contributed by atoms with E-state index in [2.05, 4.69) is 5.10 Å². The van der Waals surface area contributed by atoms with Gasteiger partial charge in [0, 0.05) is 30.3 Å². The Bertz CT molecular complexity index is 718. The second-order valence-corrected chi connectivity index (χ2v) is 5.04. The topological polar surface area (TPSA) is 61.8 Å². The van der Waals surface area contributed by atoms with Crippen LogP contribution in [0, 0.1) is 11.3 Å². The van der Waals surface area contributed by atoms with Gasteiger partial charge in [-0.3, -0.25) is 4.68 Å². The second kappa shape index (κ2) is 6.53. The number of hydrogen-bond acceptors (Lipinski definition) is 3. The van der Waals surface area contributed by atoms with E-state index in [9.17, 15) is 9.50 Å². The molecular weight excluding hydrogens is 293 g/mol. The van der Waals surface area contributed by atoms with Gasteiger partial charge in [-0.05, 0) is 23.3 Å². The van der Waals surface area contributed by atoms with Crippen LogP contribution in [0.15, 0.2) is 42.5 Å². The molecule has 21 heavy (non-hydrogen) atoms. The van der Waals surface area contributed by atoms with Crippen molar-refractivity contribution in [1.29, 1.82) is 5.26 Å². The monoisotopic (exact) mass is 305 g/mol. The van der Waals surface area contributed by atoms with E-state index in [0.717, 1.165) is 5.56 Å². The number of aromatic nitrogens is 2. The molecule has 0 aliphatic heterocycles. The Morgan fingerprint density at radius 1 is 1.62 bits per heavy atom. The highest BCUT2D eigenvalue weighted by molar-refractivity contribution is 6.30. The van der Waals surface area contributed by atoms with Gasteiger partial charge in [0.15, 0.2) is 0 Å². The Morgan fingerprint density at radius 2 is 2.38 bits per heavy atom. The Morgan fingerprint density at radius 3 is 2.95 bits per heavy atom. The Kier molecular flexibility index (Phi) is 4.73. The molecule has 2 aromatic rings. The summed E-state index contributed by atoms with van der Waals surface area (Å²) in [5.74, 6) is 0. The molecule has 0 fully saturated rings. The van der Waals surface area contributed by atoms with Gasteiger partial charge >= 0.3 is 0 Å². The van der Waals surface area contributed by atoms with Crippen molar-refractivity contribution in [2.45, 2.75) is 12.5 Å². The van der Waals surface area contributed by atoms with E-state index in [0.29, 0.717) is 16.1 Å². The van der Waals surface area contributed by atoms with E-state index in [4.69, 9.17) is 16.9 Å². The first kappa shape index (κ1) is 15.2. The van der Waals surface area contributed by atoms with E-state index in [1.54, 1.807) is 48.4 Å². The molecule has 0 radical (unpaired) electrons. The first-order valence-electron chi connectivity index (χ1n) is 6.21. The van der Waals surface area contributed by atoms with Crippen molar-refractivity contribution in [3.63, 3.8) is 0 Å². The van der Waals surface area contributed by atoms with Crippen molar-refractivity contribution in [2.24, 2.45) is 7.05 Å². The van der Waals surface area contributed by atoms with Crippen LogP contribution in [0.25, 0.3) is 11.1 Å². The maximum atomic E-state index is 12.5. The van der Waals surface area contributed by atoms with Gasteiger partial charge < -0.3 is 5.11 Å². The van der Waals surface area contributed by atoms with E-state index in [1.807, 2.05) is 0 Å². The van der Waals surface area contributed by atoms with Gasteiger partial charge in [0.25, 0.3) is 0 Å². The average molecular weight is 306 g/mol. The summed E-state index contributed by atoms with van der Waals surface area (Å²) in [7, 11) is 1.78. The summed E-state index contributed by atoms with van der Waals surface area (Å²) in [5, 5.41) is 23.6. The maximum Gasteiger partial charge on any atom is 0.100 e. The van der Waals surface area contributed by atoms with E-state index < -0.39 is 6.10 Å². The normalized spacial score (nSPS) is 13.0. The fraction of sp³-hybridized carbons (Fsp3) is 0.200. The van der Waals surface area contributed by atoms with Crippen LogP contribution in [0.4, 0.5) is 4.39 Å². The number of aliphatic hydroxyl groups excluding tert-OH is 1. The predicted molar refractivity (Wildman–Crippen MR) is 78.0 cm³/mol. The van der Waals surface area contributed by atoms with Crippen molar-refractivity contribution >= 4 is 11.6 Å². The zero-order valence-electron chi connectivity index (χ0n) is 11.3. The molecule has 0 bridgehead atoms. The van der Waals surface area contributed by atoms with Gasteiger partial charge in [0.05, 0.1) is 23.9 Å². The Hall–Kier alpha value is -2.16. The summed E-state index contributed by atoms with van der Waals surface area (Å²) in [6.45, 7) is 0. The molecule has 0 aliphatic carbocycles. The smallest absolute Gasteiger partial charge is 0.100 e. The molecule has 108 valence electrons. The third-order valence-corrected chi connectivity index (χ3v) is 3.31. The van der Waals surface area contributed by atoms with Crippen LogP contribution < -0.4 is 0 Å². The van der Waals surface area contributed by atoms with E-state index in [1.165, 1.54) is 0 Å². The molecule has 1 heterocycles. The van der Waals surface area contributed by atoms with Gasteiger partial charge in [-0.25, -0.2) is 4.39 Å². The lowest BCUT2D eigenvalue weighted by atomic mass is 9.95. The highest BCUT2D eigenvalue weighted by Crippen LogP contribution is 2.33. The lowest BCUT2D eigenvalue weighted by Gasteiger charge is -2.14. The molecule has 0 spiro atoms. The highest BCUT2D eigenvalue weighted by Gasteiger charge is 2.17. The number of nitrogens with zero attached hydrogens (tertiary/aromatic N) is 3. The van der Waals surface area contributed by atoms with Crippen molar-refractivity contribution in [3.05, 3.63) is 53.1 Å². The van der Waals surface area contributed by atoms with Crippen LogP contribution in [0.3, 0.4) is 0 Å². The van der Waals surface area contributed by atoms with Crippen LogP contribution in [0.1, 0.15) is 18.1 Å². The maximum absolute atomic E-state index is 12.5. The number of hydrogen-bond donors (Lipinski definition) is 1. The van der Waals surface area contributed by atoms with Gasteiger partial charge in [0.1, 0.15) is 6.33 Å². The lowest BCUT2D eigenvalue weighted by molar-refractivity contribution is 0.179. The molecule has 0 amide bonds. The second-order valence-electron chi connectivity index (χ2n) is 4.60. The van der Waals surface area contributed by atoms with E-state index >= 15 is 0 Å². The summed E-state index contributed by atoms with van der Waals surface area (Å²) in [6.07, 6.45) is 2.56. The van der Waals surface area contributed by atoms with Gasteiger partial charge in [-0.2, -0.15) is 10.4 Å². The number of benzene rings is 1. The lowest BCUT2D eigenvalue weighted by Crippen LogP contribution is -2.01. The Balaban J connectivity index is 2.42. The molecule has 4 nitrogen and oxygen atoms in total. The third kappa shape index (κ3) is 3.48. The van der Waals surface area contributed by atoms with Gasteiger partial charge in [0.2, 0.25) is 0 Å². The highest BCUT2D eigenvalue weighted by atomic mass is 35.5. The fourth-order valence-electron chi connectivity index (χ4n) is 2.06. The zero-order chi connectivity index (χ0) is 15.4. The Labute approximate surface area is 126 Å². The third-order valence-electron chi connectivity index (χ3n) is 3.08. The van der Waals surface area contributed by atoms with Crippen LogP contribution in [0.5, 0.6) is 0 Å². The summed E-state index contributed by atoms with van der Waals surface area (Å²) >= 11 is 6.01. The summed E-state index contributed by atoms with van der Waals surface area (Å²) in [4.78, 5) is 0. The van der Waals surface area contributed by atoms with Crippen LogP contribution in [-0.4, -0.2) is 14.9 Å². The molecule has 0 saturated carbocycles. The van der Waals surface area contributed by atoms with Crippen molar-refractivity contribution in [1.82, 2.24) is 9.78 Å². The standard InChI is InChI=1S/C15H13ClFN3O/c1-20-9-11(8-19-20)14-5-12(16)2-3-13(14)15(21)4-10(6-17)7-18/h2-3,5-6,8-9,15,21H,4H2,1H3/b10-6-. The average Bonchev–Trinajstić information content (AvgIpc) is 2.90. The molecule has 1 aromatic heterocycles. The van der Waals surface area contributed by atoms with Crippen molar-refractivity contribution in [3.8, 4) is 17.2 Å². The number of aryl methyl sites for hydroxylation is 1.